The minimum atomic E-state index is 0.167. The quantitative estimate of drug-likeness (QED) is 0.866. The Bertz CT molecular complexity index is 534. The third-order valence-electron chi connectivity index (χ3n) is 3.52. The number of hydrogen-bond acceptors (Lipinski definition) is 4. The molecule has 0 fully saturated rings. The molecule has 0 radical (unpaired) electrons. The molecule has 2 aromatic heterocycles. The molecule has 2 heterocycles. The van der Waals surface area contributed by atoms with E-state index in [2.05, 4.69) is 35.2 Å². The molecule has 0 spiro atoms. The van der Waals surface area contributed by atoms with Crippen molar-refractivity contribution in [3.63, 3.8) is 0 Å². The molecule has 20 heavy (non-hydrogen) atoms. The third kappa shape index (κ3) is 3.23. The number of rotatable bonds is 6. The number of nitrogens with zero attached hydrogens (tertiary/aromatic N) is 4. The number of likely N-dealkylation sites (N-methyl/N-ethyl adjacent to an activating group) is 1. The van der Waals surface area contributed by atoms with Gasteiger partial charge in [-0.1, -0.05) is 13.0 Å². The first-order chi connectivity index (χ1) is 9.65. The lowest BCUT2D eigenvalue weighted by Gasteiger charge is -2.26. The minimum Gasteiger partial charge on any atom is -0.329 e. The maximum absolute atomic E-state index is 5.99. The molecule has 0 amide bonds. The van der Waals surface area contributed by atoms with E-state index in [1.54, 1.807) is 0 Å². The molecule has 0 saturated heterocycles. The molecule has 0 aliphatic rings. The van der Waals surface area contributed by atoms with Crippen LogP contribution < -0.4 is 5.73 Å². The van der Waals surface area contributed by atoms with Gasteiger partial charge in [0.05, 0.1) is 17.4 Å². The van der Waals surface area contributed by atoms with Gasteiger partial charge in [0.15, 0.2) is 0 Å². The average molecular weight is 273 g/mol. The fourth-order valence-electron chi connectivity index (χ4n) is 2.51. The van der Waals surface area contributed by atoms with Gasteiger partial charge in [0.25, 0.3) is 0 Å². The van der Waals surface area contributed by atoms with Crippen LogP contribution in [0.15, 0.2) is 30.6 Å². The highest BCUT2D eigenvalue weighted by molar-refractivity contribution is 5.22. The molecule has 2 rings (SSSR count). The van der Waals surface area contributed by atoms with Gasteiger partial charge < -0.3 is 5.73 Å². The summed E-state index contributed by atoms with van der Waals surface area (Å²) in [6, 6.07) is 6.14. The van der Waals surface area contributed by atoms with Gasteiger partial charge in [-0.25, -0.2) is 0 Å². The number of nitrogens with two attached hydrogens (primary N) is 1. The Morgan fingerprint density at radius 3 is 2.80 bits per heavy atom. The van der Waals surface area contributed by atoms with Crippen LogP contribution in [0.5, 0.6) is 0 Å². The fourth-order valence-corrected chi connectivity index (χ4v) is 2.51. The summed E-state index contributed by atoms with van der Waals surface area (Å²) in [6.45, 7) is 3.47. The molecule has 2 N–H and O–H groups in total. The summed E-state index contributed by atoms with van der Waals surface area (Å²) in [7, 11) is 4.04. The standard InChI is InChI=1S/C15H23N5/c1-4-14-13(11-20(3)18-14)15(9-16)19(2)10-12-7-5-6-8-17-12/h5-8,11,15H,4,9-10,16H2,1-3H3. The number of aromatic nitrogens is 3. The Morgan fingerprint density at radius 2 is 2.20 bits per heavy atom. The first kappa shape index (κ1) is 14.7. The van der Waals surface area contributed by atoms with Gasteiger partial charge in [0.1, 0.15) is 0 Å². The Kier molecular flexibility index (Phi) is 4.87. The van der Waals surface area contributed by atoms with Gasteiger partial charge in [0, 0.05) is 38.1 Å². The first-order valence-corrected chi connectivity index (χ1v) is 6.98. The van der Waals surface area contributed by atoms with E-state index in [0.29, 0.717) is 6.54 Å². The molecule has 5 heteroatoms. The van der Waals surface area contributed by atoms with Crippen LogP contribution in [-0.2, 0) is 20.0 Å². The maximum atomic E-state index is 5.99. The lowest BCUT2D eigenvalue weighted by molar-refractivity contribution is 0.238. The lowest BCUT2D eigenvalue weighted by atomic mass is 10.0. The van der Waals surface area contributed by atoms with Crippen molar-refractivity contribution in [2.24, 2.45) is 12.8 Å². The van der Waals surface area contributed by atoms with Crippen molar-refractivity contribution in [3.05, 3.63) is 47.5 Å². The zero-order chi connectivity index (χ0) is 14.5. The molecule has 0 aliphatic heterocycles. The van der Waals surface area contributed by atoms with Crippen LogP contribution in [-0.4, -0.2) is 33.3 Å². The van der Waals surface area contributed by atoms with Crippen LogP contribution in [0.3, 0.4) is 0 Å². The van der Waals surface area contributed by atoms with E-state index in [1.165, 1.54) is 5.56 Å². The van der Waals surface area contributed by atoms with Crippen LogP contribution in [0.2, 0.25) is 0 Å². The molecular formula is C15H23N5. The van der Waals surface area contributed by atoms with Gasteiger partial charge in [0.2, 0.25) is 0 Å². The topological polar surface area (TPSA) is 60.0 Å². The van der Waals surface area contributed by atoms with E-state index in [0.717, 1.165) is 24.4 Å². The average Bonchev–Trinajstić information content (AvgIpc) is 2.81. The van der Waals surface area contributed by atoms with Crippen molar-refractivity contribution in [1.29, 1.82) is 0 Å². The van der Waals surface area contributed by atoms with Crippen molar-refractivity contribution in [1.82, 2.24) is 19.7 Å². The third-order valence-corrected chi connectivity index (χ3v) is 3.52. The Hall–Kier alpha value is -1.72. The highest BCUT2D eigenvalue weighted by atomic mass is 15.3. The smallest absolute Gasteiger partial charge is 0.0670 e. The van der Waals surface area contributed by atoms with Gasteiger partial charge >= 0.3 is 0 Å². The summed E-state index contributed by atoms with van der Waals surface area (Å²) < 4.78 is 1.87. The Balaban J connectivity index is 2.18. The maximum Gasteiger partial charge on any atom is 0.0670 e. The summed E-state index contributed by atoms with van der Waals surface area (Å²) in [5.74, 6) is 0. The second-order valence-corrected chi connectivity index (χ2v) is 5.05. The summed E-state index contributed by atoms with van der Waals surface area (Å²) in [4.78, 5) is 6.61. The number of hydrogen-bond donors (Lipinski definition) is 1. The first-order valence-electron chi connectivity index (χ1n) is 6.98. The van der Waals surface area contributed by atoms with Crippen molar-refractivity contribution < 1.29 is 0 Å². The van der Waals surface area contributed by atoms with E-state index in [9.17, 15) is 0 Å². The zero-order valence-electron chi connectivity index (χ0n) is 12.5. The highest BCUT2D eigenvalue weighted by Gasteiger charge is 2.21. The molecule has 0 aliphatic carbocycles. The Morgan fingerprint density at radius 1 is 1.40 bits per heavy atom. The van der Waals surface area contributed by atoms with Crippen LogP contribution in [0, 0.1) is 0 Å². The summed E-state index contributed by atoms with van der Waals surface area (Å²) in [5, 5.41) is 4.51. The number of aryl methyl sites for hydroxylation is 2. The lowest BCUT2D eigenvalue weighted by Crippen LogP contribution is -2.30. The van der Waals surface area contributed by atoms with E-state index < -0.39 is 0 Å². The summed E-state index contributed by atoms with van der Waals surface area (Å²) in [5.41, 5.74) is 9.38. The van der Waals surface area contributed by atoms with Crippen molar-refractivity contribution >= 4 is 0 Å². The summed E-state index contributed by atoms with van der Waals surface area (Å²) >= 11 is 0. The molecule has 2 aromatic rings. The normalized spacial score (nSPS) is 12.8. The molecule has 0 saturated carbocycles. The molecular weight excluding hydrogens is 250 g/mol. The molecule has 108 valence electrons. The van der Waals surface area contributed by atoms with E-state index in [1.807, 2.05) is 36.1 Å². The summed E-state index contributed by atoms with van der Waals surface area (Å²) in [6.07, 6.45) is 4.82. The van der Waals surface area contributed by atoms with E-state index in [-0.39, 0.29) is 6.04 Å². The minimum absolute atomic E-state index is 0.167. The van der Waals surface area contributed by atoms with Crippen molar-refractivity contribution in [2.75, 3.05) is 13.6 Å². The Labute approximate surface area is 120 Å². The zero-order valence-corrected chi connectivity index (χ0v) is 12.5. The molecule has 0 aromatic carbocycles. The second kappa shape index (κ2) is 6.63. The van der Waals surface area contributed by atoms with Crippen LogP contribution in [0.1, 0.15) is 29.9 Å². The van der Waals surface area contributed by atoms with Crippen molar-refractivity contribution in [3.8, 4) is 0 Å². The van der Waals surface area contributed by atoms with Gasteiger partial charge in [-0.3, -0.25) is 14.6 Å². The van der Waals surface area contributed by atoms with Gasteiger partial charge in [-0.15, -0.1) is 0 Å². The highest BCUT2D eigenvalue weighted by Crippen LogP contribution is 2.23. The molecule has 0 bridgehead atoms. The van der Waals surface area contributed by atoms with E-state index >= 15 is 0 Å². The monoisotopic (exact) mass is 273 g/mol. The van der Waals surface area contributed by atoms with Crippen molar-refractivity contribution in [2.45, 2.75) is 25.9 Å². The molecule has 5 nitrogen and oxygen atoms in total. The predicted molar refractivity (Wildman–Crippen MR) is 80.1 cm³/mol. The molecule has 1 unspecified atom stereocenters. The largest absolute Gasteiger partial charge is 0.329 e. The predicted octanol–water partition coefficient (Wildman–Crippen LogP) is 1.51. The number of pyridine rings is 1. The molecule has 1 atom stereocenters. The van der Waals surface area contributed by atoms with E-state index in [4.69, 9.17) is 5.73 Å². The van der Waals surface area contributed by atoms with Crippen LogP contribution in [0.25, 0.3) is 0 Å². The van der Waals surface area contributed by atoms with Crippen LogP contribution in [0.4, 0.5) is 0 Å². The SMILES string of the molecule is CCc1nn(C)cc1C(CN)N(C)Cc1ccccn1. The van der Waals surface area contributed by atoms with Crippen LogP contribution >= 0.6 is 0 Å². The van der Waals surface area contributed by atoms with Gasteiger partial charge in [-0.2, -0.15) is 5.10 Å². The van der Waals surface area contributed by atoms with Gasteiger partial charge in [-0.05, 0) is 25.6 Å². The fraction of sp³-hybridized carbons (Fsp3) is 0.467. The second-order valence-electron chi connectivity index (χ2n) is 5.05.